The third-order valence-electron chi connectivity index (χ3n) is 7.97. The Balaban J connectivity index is 1.55. The number of carbonyl (C=O) groups is 1. The quantitative estimate of drug-likeness (QED) is 0.0816. The Kier molecular flexibility index (Phi) is 16.7. The zero-order chi connectivity index (χ0) is 33.4. The first kappa shape index (κ1) is 38.0. The number of hydrogen-bond acceptors (Lipinski definition) is 8. The Hall–Kier alpha value is -1.83. The van der Waals surface area contributed by atoms with E-state index < -0.39 is 5.97 Å². The highest BCUT2D eigenvalue weighted by atomic mass is 32.3. The van der Waals surface area contributed by atoms with Crippen molar-refractivity contribution in [1.29, 1.82) is 5.26 Å². The van der Waals surface area contributed by atoms with Crippen LogP contribution in [0.3, 0.4) is 0 Å². The second kappa shape index (κ2) is 20.6. The number of unbranched alkanes of at least 4 members (excludes halogenated alkanes) is 9. The lowest BCUT2D eigenvalue weighted by atomic mass is 10.1. The Bertz CT molecular complexity index is 1470. The fourth-order valence-electron chi connectivity index (χ4n) is 5.39. The van der Waals surface area contributed by atoms with E-state index in [1.807, 2.05) is 65.2 Å². The minimum atomic E-state index is -1.20. The SMILES string of the molecule is CCCCCCSC1=C(SCCCCCC)SC(=Cc2ccc3c(c2)Sc2cc(/C=C(/C#N)C(=O)O)ccc2N3CCCCCC)S1. The molecule has 0 saturated heterocycles. The molecule has 1 N–H and O–H groups in total. The Morgan fingerprint density at radius 1 is 0.766 bits per heavy atom. The first-order valence-corrected chi connectivity index (χ1v) is 21.5. The summed E-state index contributed by atoms with van der Waals surface area (Å²) in [6.07, 6.45) is 18.9. The molecule has 2 aromatic rings. The Morgan fingerprint density at radius 3 is 1.83 bits per heavy atom. The number of benzene rings is 2. The number of carboxylic acids is 1. The van der Waals surface area contributed by atoms with Crippen molar-refractivity contribution in [2.75, 3.05) is 23.0 Å². The highest BCUT2D eigenvalue weighted by Gasteiger charge is 2.25. The summed E-state index contributed by atoms with van der Waals surface area (Å²) in [6.45, 7) is 7.72. The van der Waals surface area contributed by atoms with E-state index in [-0.39, 0.29) is 5.57 Å². The highest BCUT2D eigenvalue weighted by molar-refractivity contribution is 8.40. The highest BCUT2D eigenvalue weighted by Crippen LogP contribution is 2.58. The van der Waals surface area contributed by atoms with Gasteiger partial charge in [0.05, 0.1) is 24.1 Å². The summed E-state index contributed by atoms with van der Waals surface area (Å²) in [5, 5.41) is 18.7. The van der Waals surface area contributed by atoms with Gasteiger partial charge in [0.1, 0.15) is 11.6 Å². The van der Waals surface area contributed by atoms with E-state index >= 15 is 0 Å². The summed E-state index contributed by atoms with van der Waals surface area (Å²) in [4.78, 5) is 16.2. The molecular formula is C38H48N2O2S5. The lowest BCUT2D eigenvalue weighted by Gasteiger charge is -2.33. The summed E-state index contributed by atoms with van der Waals surface area (Å²) in [5.74, 6) is 1.18. The standard InChI is InChI=1S/C38H48N2O2S5/c1-4-7-10-13-20-40-31-18-16-28(23-30(27-39)36(41)42)24-33(31)45-34-25-29(17-19-32(34)40)26-35-46-37(43-21-14-11-8-5-2)38(47-35)44-22-15-12-9-6-3/h16-19,23-26H,4-15,20-22H2,1-3H3,(H,41,42)/b30-23-. The van der Waals surface area contributed by atoms with Crippen LogP contribution in [-0.4, -0.2) is 29.1 Å². The molecule has 0 spiro atoms. The van der Waals surface area contributed by atoms with Crippen LogP contribution in [0.2, 0.25) is 0 Å². The molecule has 47 heavy (non-hydrogen) atoms. The smallest absolute Gasteiger partial charge is 0.346 e. The third kappa shape index (κ3) is 11.6. The number of carboxylic acid groups (broad SMARTS) is 1. The van der Waals surface area contributed by atoms with Crippen LogP contribution in [0.25, 0.3) is 12.2 Å². The van der Waals surface area contributed by atoms with Crippen LogP contribution < -0.4 is 4.90 Å². The first-order valence-electron chi connectivity index (χ1n) is 17.1. The van der Waals surface area contributed by atoms with Gasteiger partial charge >= 0.3 is 5.97 Å². The van der Waals surface area contributed by atoms with Crippen molar-refractivity contribution in [3.63, 3.8) is 0 Å². The van der Waals surface area contributed by atoms with Crippen molar-refractivity contribution in [3.05, 3.63) is 65.8 Å². The lowest BCUT2D eigenvalue weighted by Crippen LogP contribution is -2.22. The molecule has 252 valence electrons. The normalized spacial score (nSPS) is 14.3. The molecule has 9 heteroatoms. The molecule has 4 nitrogen and oxygen atoms in total. The largest absolute Gasteiger partial charge is 0.477 e. The number of rotatable bonds is 20. The number of anilines is 2. The van der Waals surface area contributed by atoms with Gasteiger partial charge in [-0.1, -0.05) is 126 Å². The van der Waals surface area contributed by atoms with Crippen molar-refractivity contribution in [2.45, 2.75) is 108 Å². The van der Waals surface area contributed by atoms with Crippen LogP contribution >= 0.6 is 58.8 Å². The zero-order valence-corrected chi connectivity index (χ0v) is 32.1. The number of nitriles is 1. The van der Waals surface area contributed by atoms with Gasteiger partial charge in [-0.2, -0.15) is 5.26 Å². The summed E-state index contributed by atoms with van der Waals surface area (Å²) in [6, 6.07) is 14.7. The maximum Gasteiger partial charge on any atom is 0.346 e. The molecule has 0 fully saturated rings. The first-order chi connectivity index (χ1) is 23.0. The van der Waals surface area contributed by atoms with Gasteiger partial charge < -0.3 is 10.0 Å². The maximum absolute atomic E-state index is 11.5. The summed E-state index contributed by atoms with van der Waals surface area (Å²) in [5.41, 5.74) is 4.05. The molecule has 0 saturated carbocycles. The number of thioether (sulfide) groups is 4. The Morgan fingerprint density at radius 2 is 1.30 bits per heavy atom. The van der Waals surface area contributed by atoms with Crippen molar-refractivity contribution in [3.8, 4) is 6.07 Å². The van der Waals surface area contributed by atoms with E-state index in [1.165, 1.54) is 117 Å². The minimum absolute atomic E-state index is 0.256. The zero-order valence-electron chi connectivity index (χ0n) is 28.0. The summed E-state index contributed by atoms with van der Waals surface area (Å²) < 4.78 is 4.31. The molecule has 0 unspecified atom stereocenters. The number of aliphatic carboxylic acids is 1. The van der Waals surface area contributed by atoms with E-state index in [2.05, 4.69) is 56.0 Å². The predicted molar refractivity (Wildman–Crippen MR) is 213 cm³/mol. The molecule has 0 bridgehead atoms. The van der Waals surface area contributed by atoms with Crippen LogP contribution in [0.4, 0.5) is 11.4 Å². The molecule has 0 aliphatic carbocycles. The van der Waals surface area contributed by atoms with Crippen LogP contribution in [0, 0.1) is 11.3 Å². The van der Waals surface area contributed by atoms with Crippen molar-refractivity contribution in [1.82, 2.24) is 0 Å². The summed E-state index contributed by atoms with van der Waals surface area (Å²) in [7, 11) is 0. The number of hydrogen-bond donors (Lipinski definition) is 1. The van der Waals surface area contributed by atoms with Crippen LogP contribution in [0.5, 0.6) is 0 Å². The van der Waals surface area contributed by atoms with Crippen molar-refractivity contribution < 1.29 is 9.90 Å². The number of nitrogens with zero attached hydrogens (tertiary/aromatic N) is 2. The molecule has 4 rings (SSSR count). The number of fused-ring (bicyclic) bond motifs is 2. The van der Waals surface area contributed by atoms with E-state index in [0.29, 0.717) is 0 Å². The van der Waals surface area contributed by atoms with Crippen LogP contribution in [0.1, 0.15) is 109 Å². The molecule has 2 aliphatic heterocycles. The molecule has 2 heterocycles. The van der Waals surface area contributed by atoms with E-state index in [1.54, 1.807) is 11.8 Å². The van der Waals surface area contributed by atoms with Crippen molar-refractivity contribution >= 4 is 88.3 Å². The second-order valence-corrected chi connectivity index (χ2v) is 18.0. The molecular weight excluding hydrogens is 677 g/mol. The summed E-state index contributed by atoms with van der Waals surface area (Å²) >= 11 is 9.72. The monoisotopic (exact) mass is 724 g/mol. The fourth-order valence-corrected chi connectivity index (χ4v) is 12.5. The molecule has 2 aliphatic rings. The molecule has 0 amide bonds. The van der Waals surface area contributed by atoms with Gasteiger partial charge in [0.15, 0.2) is 0 Å². The molecule has 0 atom stereocenters. The van der Waals surface area contributed by atoms with E-state index in [9.17, 15) is 15.2 Å². The topological polar surface area (TPSA) is 64.3 Å². The Labute approximate surface area is 304 Å². The van der Waals surface area contributed by atoms with Gasteiger partial charge in [-0.05, 0) is 78.3 Å². The van der Waals surface area contributed by atoms with Gasteiger partial charge in [-0.25, -0.2) is 4.79 Å². The average molecular weight is 725 g/mol. The maximum atomic E-state index is 11.5. The van der Waals surface area contributed by atoms with E-state index in [4.69, 9.17) is 0 Å². The second-order valence-electron chi connectivity index (χ2n) is 11.8. The molecule has 0 aromatic heterocycles. The fraction of sp³-hybridized carbons (Fsp3) is 0.474. The van der Waals surface area contributed by atoms with Gasteiger partial charge in [0.2, 0.25) is 0 Å². The molecule has 2 aromatic carbocycles. The predicted octanol–water partition coefficient (Wildman–Crippen LogP) is 13.4. The van der Waals surface area contributed by atoms with Gasteiger partial charge in [0, 0.05) is 16.3 Å². The van der Waals surface area contributed by atoms with Gasteiger partial charge in [-0.15, -0.1) is 23.5 Å². The third-order valence-corrected chi connectivity index (χ3v) is 14.6. The lowest BCUT2D eigenvalue weighted by molar-refractivity contribution is -0.132. The van der Waals surface area contributed by atoms with E-state index in [0.717, 1.165) is 29.1 Å². The molecule has 0 radical (unpaired) electrons. The van der Waals surface area contributed by atoms with Crippen molar-refractivity contribution in [2.24, 2.45) is 0 Å². The minimum Gasteiger partial charge on any atom is -0.477 e. The average Bonchev–Trinajstić information content (AvgIpc) is 3.45. The van der Waals surface area contributed by atoms with Gasteiger partial charge in [-0.3, -0.25) is 0 Å². The van der Waals surface area contributed by atoms with Gasteiger partial charge in [0.25, 0.3) is 0 Å². The van der Waals surface area contributed by atoms with Crippen LogP contribution in [0.15, 0.2) is 64.5 Å². The van der Waals surface area contributed by atoms with Crippen LogP contribution in [-0.2, 0) is 4.79 Å².